The highest BCUT2D eigenvalue weighted by Crippen LogP contribution is 2.28. The summed E-state index contributed by atoms with van der Waals surface area (Å²) in [4.78, 5) is 13.6. The number of nitriles is 1. The molecule has 1 aliphatic rings. The third kappa shape index (κ3) is 4.34. The SMILES string of the molecule is N#CCCN(Cc1ccc(CC(=O)NN)cc1)C1CC1. The van der Waals surface area contributed by atoms with E-state index in [9.17, 15) is 4.79 Å². The van der Waals surface area contributed by atoms with E-state index in [1.54, 1.807) is 0 Å². The van der Waals surface area contributed by atoms with Crippen LogP contribution in [0.3, 0.4) is 0 Å². The molecular weight excluding hydrogens is 252 g/mol. The van der Waals surface area contributed by atoms with Crippen molar-refractivity contribution in [2.45, 2.75) is 38.3 Å². The van der Waals surface area contributed by atoms with Crippen LogP contribution in [0.15, 0.2) is 24.3 Å². The number of nitrogens with two attached hydrogens (primary N) is 1. The van der Waals surface area contributed by atoms with E-state index in [0.29, 0.717) is 18.9 Å². The second-order valence-corrected chi connectivity index (χ2v) is 5.17. The first kappa shape index (κ1) is 14.5. The summed E-state index contributed by atoms with van der Waals surface area (Å²) >= 11 is 0. The number of benzene rings is 1. The fourth-order valence-electron chi connectivity index (χ4n) is 2.26. The smallest absolute Gasteiger partial charge is 0.238 e. The van der Waals surface area contributed by atoms with Gasteiger partial charge in [0.15, 0.2) is 0 Å². The van der Waals surface area contributed by atoms with E-state index in [0.717, 1.165) is 18.7 Å². The van der Waals surface area contributed by atoms with Gasteiger partial charge in [-0.15, -0.1) is 0 Å². The minimum Gasteiger partial charge on any atom is -0.295 e. The second-order valence-electron chi connectivity index (χ2n) is 5.17. The summed E-state index contributed by atoms with van der Waals surface area (Å²) in [6.45, 7) is 1.70. The summed E-state index contributed by atoms with van der Waals surface area (Å²) in [5, 5.41) is 8.70. The van der Waals surface area contributed by atoms with Gasteiger partial charge in [-0.3, -0.25) is 15.1 Å². The number of hydrogen-bond acceptors (Lipinski definition) is 4. The standard InChI is InChI=1S/C15H20N4O/c16-8-1-9-19(14-6-7-14)11-13-4-2-12(3-5-13)10-15(20)18-17/h2-5,14H,1,6-7,9-11,17H2,(H,18,20). The van der Waals surface area contributed by atoms with Crippen molar-refractivity contribution in [1.29, 1.82) is 5.26 Å². The highest BCUT2D eigenvalue weighted by Gasteiger charge is 2.28. The van der Waals surface area contributed by atoms with Crippen LogP contribution in [0.1, 0.15) is 30.4 Å². The largest absolute Gasteiger partial charge is 0.295 e. The molecule has 0 heterocycles. The van der Waals surface area contributed by atoms with Crippen LogP contribution in [0, 0.1) is 11.3 Å². The van der Waals surface area contributed by atoms with Gasteiger partial charge in [-0.2, -0.15) is 5.26 Å². The molecule has 1 fully saturated rings. The number of amides is 1. The van der Waals surface area contributed by atoms with Crippen LogP contribution in [-0.4, -0.2) is 23.4 Å². The Kier molecular flexibility index (Phi) is 5.10. The lowest BCUT2D eigenvalue weighted by Gasteiger charge is -2.20. The molecule has 20 heavy (non-hydrogen) atoms. The Morgan fingerprint density at radius 2 is 2.00 bits per heavy atom. The monoisotopic (exact) mass is 272 g/mol. The molecule has 1 saturated carbocycles. The highest BCUT2D eigenvalue weighted by molar-refractivity contribution is 5.77. The maximum atomic E-state index is 11.2. The first-order valence-electron chi connectivity index (χ1n) is 6.91. The maximum Gasteiger partial charge on any atom is 0.238 e. The number of nitrogens with zero attached hydrogens (tertiary/aromatic N) is 2. The molecule has 0 saturated heterocycles. The van der Waals surface area contributed by atoms with E-state index in [2.05, 4.69) is 16.4 Å². The van der Waals surface area contributed by atoms with Crippen molar-refractivity contribution in [2.24, 2.45) is 5.84 Å². The lowest BCUT2D eigenvalue weighted by Crippen LogP contribution is -2.31. The van der Waals surface area contributed by atoms with Crippen molar-refractivity contribution in [1.82, 2.24) is 10.3 Å². The van der Waals surface area contributed by atoms with E-state index < -0.39 is 0 Å². The van der Waals surface area contributed by atoms with Gasteiger partial charge in [0.05, 0.1) is 12.5 Å². The third-order valence-corrected chi connectivity index (χ3v) is 3.51. The van der Waals surface area contributed by atoms with Crippen LogP contribution in [0.25, 0.3) is 0 Å². The summed E-state index contributed by atoms with van der Waals surface area (Å²) in [5.41, 5.74) is 4.29. The molecule has 1 amide bonds. The molecule has 106 valence electrons. The molecule has 0 unspecified atom stereocenters. The number of hydrogen-bond donors (Lipinski definition) is 2. The van der Waals surface area contributed by atoms with Crippen molar-refractivity contribution < 1.29 is 4.79 Å². The van der Waals surface area contributed by atoms with Gasteiger partial charge in [0.25, 0.3) is 0 Å². The number of carbonyl (C=O) groups excluding carboxylic acids is 1. The summed E-state index contributed by atoms with van der Waals surface area (Å²) in [6.07, 6.45) is 3.35. The van der Waals surface area contributed by atoms with E-state index in [4.69, 9.17) is 11.1 Å². The van der Waals surface area contributed by atoms with E-state index in [1.165, 1.54) is 18.4 Å². The van der Waals surface area contributed by atoms with Gasteiger partial charge in [0.2, 0.25) is 5.91 Å². The molecule has 0 aromatic heterocycles. The topological polar surface area (TPSA) is 82.2 Å². The molecule has 1 aliphatic carbocycles. The van der Waals surface area contributed by atoms with Crippen LogP contribution in [0.5, 0.6) is 0 Å². The Morgan fingerprint density at radius 1 is 1.35 bits per heavy atom. The molecule has 0 atom stereocenters. The lowest BCUT2D eigenvalue weighted by molar-refractivity contribution is -0.120. The molecule has 2 rings (SSSR count). The molecule has 5 nitrogen and oxygen atoms in total. The number of carbonyl (C=O) groups is 1. The predicted molar refractivity (Wildman–Crippen MR) is 76.1 cm³/mol. The van der Waals surface area contributed by atoms with Gasteiger partial charge in [-0.25, -0.2) is 5.84 Å². The minimum atomic E-state index is -0.189. The molecule has 5 heteroatoms. The molecule has 0 spiro atoms. The molecule has 0 aliphatic heterocycles. The Balaban J connectivity index is 1.91. The summed E-state index contributed by atoms with van der Waals surface area (Å²) in [6, 6.07) is 10.9. The lowest BCUT2D eigenvalue weighted by atomic mass is 10.1. The quantitative estimate of drug-likeness (QED) is 0.442. The second kappa shape index (κ2) is 7.04. The Bertz CT molecular complexity index is 488. The first-order valence-corrected chi connectivity index (χ1v) is 6.91. The van der Waals surface area contributed by atoms with Crippen molar-refractivity contribution in [2.75, 3.05) is 6.54 Å². The van der Waals surface area contributed by atoms with Gasteiger partial charge in [0, 0.05) is 25.6 Å². The molecular formula is C15H20N4O. The van der Waals surface area contributed by atoms with E-state index in [1.807, 2.05) is 24.3 Å². The Labute approximate surface area is 119 Å². The summed E-state index contributed by atoms with van der Waals surface area (Å²) < 4.78 is 0. The zero-order valence-electron chi connectivity index (χ0n) is 11.5. The third-order valence-electron chi connectivity index (χ3n) is 3.51. The zero-order valence-corrected chi connectivity index (χ0v) is 11.5. The summed E-state index contributed by atoms with van der Waals surface area (Å²) in [7, 11) is 0. The molecule has 0 radical (unpaired) electrons. The van der Waals surface area contributed by atoms with Crippen molar-refractivity contribution in [3.8, 4) is 6.07 Å². The van der Waals surface area contributed by atoms with Crippen LogP contribution in [-0.2, 0) is 17.8 Å². The minimum absolute atomic E-state index is 0.189. The van der Waals surface area contributed by atoms with Crippen LogP contribution >= 0.6 is 0 Å². The fourth-order valence-corrected chi connectivity index (χ4v) is 2.26. The van der Waals surface area contributed by atoms with Crippen LogP contribution in [0.4, 0.5) is 0 Å². The van der Waals surface area contributed by atoms with Gasteiger partial charge in [-0.05, 0) is 24.0 Å². The normalized spacial score (nSPS) is 14.1. The molecule has 0 bridgehead atoms. The van der Waals surface area contributed by atoms with Crippen molar-refractivity contribution >= 4 is 5.91 Å². The number of nitrogens with one attached hydrogen (secondary N) is 1. The van der Waals surface area contributed by atoms with Crippen LogP contribution < -0.4 is 11.3 Å². The fraction of sp³-hybridized carbons (Fsp3) is 0.467. The van der Waals surface area contributed by atoms with E-state index >= 15 is 0 Å². The highest BCUT2D eigenvalue weighted by atomic mass is 16.2. The molecule has 3 N–H and O–H groups in total. The Morgan fingerprint density at radius 3 is 2.55 bits per heavy atom. The van der Waals surface area contributed by atoms with Crippen LogP contribution in [0.2, 0.25) is 0 Å². The molecule has 1 aromatic rings. The first-order chi connectivity index (χ1) is 9.72. The average molecular weight is 272 g/mol. The van der Waals surface area contributed by atoms with Gasteiger partial charge < -0.3 is 0 Å². The number of rotatable bonds is 7. The predicted octanol–water partition coefficient (Wildman–Crippen LogP) is 1.10. The molecule has 1 aromatic carbocycles. The van der Waals surface area contributed by atoms with Gasteiger partial charge >= 0.3 is 0 Å². The maximum absolute atomic E-state index is 11.2. The number of hydrazine groups is 1. The van der Waals surface area contributed by atoms with Gasteiger partial charge in [0.1, 0.15) is 0 Å². The van der Waals surface area contributed by atoms with E-state index in [-0.39, 0.29) is 5.91 Å². The summed E-state index contributed by atoms with van der Waals surface area (Å²) in [5.74, 6) is 4.88. The van der Waals surface area contributed by atoms with Crippen molar-refractivity contribution in [3.63, 3.8) is 0 Å². The zero-order chi connectivity index (χ0) is 14.4. The average Bonchev–Trinajstić information content (AvgIpc) is 3.29. The van der Waals surface area contributed by atoms with Crippen molar-refractivity contribution in [3.05, 3.63) is 35.4 Å². The van der Waals surface area contributed by atoms with Gasteiger partial charge in [-0.1, -0.05) is 24.3 Å². The Hall–Kier alpha value is -1.90.